The fourth-order valence-electron chi connectivity index (χ4n) is 5.00. The first-order chi connectivity index (χ1) is 19.7. The minimum Gasteiger partial charge on any atom is -0.466 e. The summed E-state index contributed by atoms with van der Waals surface area (Å²) >= 11 is 0. The van der Waals surface area contributed by atoms with Crippen molar-refractivity contribution < 1.29 is 19.1 Å². The molecule has 0 aromatic carbocycles. The monoisotopic (exact) mass is 565 g/mol. The lowest BCUT2D eigenvalue weighted by Crippen LogP contribution is -2.05. The number of rotatable bonds is 32. The highest BCUT2D eigenvalue weighted by molar-refractivity contribution is 5.69. The van der Waals surface area contributed by atoms with Crippen LogP contribution in [0, 0.1) is 0 Å². The molecule has 0 rings (SSSR count). The predicted octanol–water partition coefficient (Wildman–Crippen LogP) is 11.6. The molecule has 0 aliphatic rings. The van der Waals surface area contributed by atoms with Gasteiger partial charge in [0.25, 0.3) is 0 Å². The van der Waals surface area contributed by atoms with Gasteiger partial charge in [0.15, 0.2) is 0 Å². The van der Waals surface area contributed by atoms with Crippen molar-refractivity contribution >= 4 is 11.9 Å². The Morgan fingerprint density at radius 2 is 0.725 bits per heavy atom. The second kappa shape index (κ2) is 33.9. The van der Waals surface area contributed by atoms with Crippen molar-refractivity contribution in [1.29, 1.82) is 0 Å². The maximum Gasteiger partial charge on any atom is 0.305 e. The smallest absolute Gasteiger partial charge is 0.305 e. The van der Waals surface area contributed by atoms with Gasteiger partial charge in [0.05, 0.1) is 13.2 Å². The summed E-state index contributed by atoms with van der Waals surface area (Å²) in [5.74, 6) is -0.0297. The average Bonchev–Trinajstić information content (AvgIpc) is 2.95. The van der Waals surface area contributed by atoms with Gasteiger partial charge in [-0.1, -0.05) is 148 Å². The average molecular weight is 565 g/mol. The molecule has 0 aliphatic carbocycles. The van der Waals surface area contributed by atoms with E-state index in [2.05, 4.69) is 26.0 Å². The normalized spacial score (nSPS) is 11.3. The maximum absolute atomic E-state index is 11.8. The topological polar surface area (TPSA) is 52.6 Å². The SMILES string of the molecule is CCCCCCCCOC(=O)CCC/C=C/CCCCCCCCCCCCCC(=O)OCCCCCCCC. The van der Waals surface area contributed by atoms with Gasteiger partial charge in [-0.2, -0.15) is 0 Å². The number of esters is 2. The minimum absolute atomic E-state index is 0.0000143. The number of ether oxygens (including phenoxy) is 2. The molecule has 0 aliphatic heterocycles. The molecule has 0 spiro atoms. The summed E-state index contributed by atoms with van der Waals surface area (Å²) in [6.45, 7) is 5.67. The van der Waals surface area contributed by atoms with Crippen LogP contribution in [0.1, 0.15) is 194 Å². The van der Waals surface area contributed by atoms with Crippen LogP contribution >= 0.6 is 0 Å². The lowest BCUT2D eigenvalue weighted by atomic mass is 10.0. The van der Waals surface area contributed by atoms with Gasteiger partial charge in [-0.3, -0.25) is 9.59 Å². The van der Waals surface area contributed by atoms with Gasteiger partial charge in [0.2, 0.25) is 0 Å². The summed E-state index contributed by atoms with van der Waals surface area (Å²) in [5.41, 5.74) is 0. The molecule has 4 heteroatoms. The van der Waals surface area contributed by atoms with Crippen LogP contribution in [-0.2, 0) is 19.1 Å². The number of unbranched alkanes of at least 4 members (excludes halogenated alkanes) is 22. The first-order valence-electron chi connectivity index (χ1n) is 17.7. The Balaban J connectivity index is 3.24. The molecule has 0 fully saturated rings. The van der Waals surface area contributed by atoms with Gasteiger partial charge < -0.3 is 9.47 Å². The number of hydrogen-bond donors (Lipinski definition) is 0. The van der Waals surface area contributed by atoms with E-state index in [-0.39, 0.29) is 11.9 Å². The summed E-state index contributed by atoms with van der Waals surface area (Å²) in [6, 6.07) is 0. The Kier molecular flexibility index (Phi) is 32.8. The zero-order chi connectivity index (χ0) is 29.2. The number of carbonyl (C=O) groups is 2. The van der Waals surface area contributed by atoms with Crippen LogP contribution in [0.15, 0.2) is 12.2 Å². The molecule has 0 heterocycles. The molecule has 4 nitrogen and oxygen atoms in total. The van der Waals surface area contributed by atoms with Crippen LogP contribution in [0.4, 0.5) is 0 Å². The summed E-state index contributed by atoms with van der Waals surface area (Å²) in [7, 11) is 0. The Labute approximate surface area is 249 Å². The Bertz CT molecular complexity index is 557. The van der Waals surface area contributed by atoms with E-state index in [0.717, 1.165) is 44.9 Å². The van der Waals surface area contributed by atoms with E-state index < -0.39 is 0 Å². The molecule has 0 atom stereocenters. The number of carbonyl (C=O) groups excluding carboxylic acids is 2. The molecule has 0 bridgehead atoms. The third kappa shape index (κ3) is 32.9. The Hall–Kier alpha value is -1.32. The highest BCUT2D eigenvalue weighted by Gasteiger charge is 2.03. The van der Waals surface area contributed by atoms with Crippen LogP contribution in [-0.4, -0.2) is 25.2 Å². The van der Waals surface area contributed by atoms with Gasteiger partial charge in [-0.25, -0.2) is 0 Å². The van der Waals surface area contributed by atoms with E-state index in [9.17, 15) is 9.59 Å². The van der Waals surface area contributed by atoms with Gasteiger partial charge in [0.1, 0.15) is 0 Å². The Morgan fingerprint density at radius 1 is 0.400 bits per heavy atom. The van der Waals surface area contributed by atoms with Crippen molar-refractivity contribution in [2.75, 3.05) is 13.2 Å². The molecule has 0 saturated carbocycles. The molecule has 0 unspecified atom stereocenters. The molecular weight excluding hydrogens is 496 g/mol. The predicted molar refractivity (Wildman–Crippen MR) is 172 cm³/mol. The largest absolute Gasteiger partial charge is 0.466 e. The van der Waals surface area contributed by atoms with Gasteiger partial charge in [-0.05, 0) is 44.9 Å². The maximum atomic E-state index is 11.8. The highest BCUT2D eigenvalue weighted by atomic mass is 16.5. The van der Waals surface area contributed by atoms with Crippen LogP contribution in [0.5, 0.6) is 0 Å². The third-order valence-corrected chi connectivity index (χ3v) is 7.69. The molecular formula is C36H68O4. The number of allylic oxidation sites excluding steroid dienone is 2. The first kappa shape index (κ1) is 38.7. The van der Waals surface area contributed by atoms with Crippen LogP contribution in [0.2, 0.25) is 0 Å². The van der Waals surface area contributed by atoms with Crippen LogP contribution < -0.4 is 0 Å². The summed E-state index contributed by atoms with van der Waals surface area (Å²) in [5, 5.41) is 0. The van der Waals surface area contributed by atoms with E-state index in [0.29, 0.717) is 26.1 Å². The molecule has 0 saturated heterocycles. The van der Waals surface area contributed by atoms with E-state index in [1.165, 1.54) is 122 Å². The lowest BCUT2D eigenvalue weighted by molar-refractivity contribution is -0.144. The van der Waals surface area contributed by atoms with Crippen molar-refractivity contribution in [1.82, 2.24) is 0 Å². The molecule has 0 aromatic rings. The summed E-state index contributed by atoms with van der Waals surface area (Å²) < 4.78 is 10.7. The second-order valence-corrected chi connectivity index (χ2v) is 11.8. The fraction of sp³-hybridized carbons (Fsp3) is 0.889. The quantitative estimate of drug-likeness (QED) is 0.0463. The van der Waals surface area contributed by atoms with Gasteiger partial charge >= 0.3 is 11.9 Å². The first-order valence-corrected chi connectivity index (χ1v) is 17.7. The zero-order valence-electron chi connectivity index (χ0n) is 27.0. The second-order valence-electron chi connectivity index (χ2n) is 11.8. The molecule has 236 valence electrons. The van der Waals surface area contributed by atoms with E-state index in [1.807, 2.05) is 0 Å². The van der Waals surface area contributed by atoms with Crippen LogP contribution in [0.25, 0.3) is 0 Å². The van der Waals surface area contributed by atoms with E-state index in [1.54, 1.807) is 0 Å². The van der Waals surface area contributed by atoms with E-state index in [4.69, 9.17) is 9.47 Å². The molecule has 0 radical (unpaired) electrons. The minimum atomic E-state index is -0.0297. The highest BCUT2D eigenvalue weighted by Crippen LogP contribution is 2.13. The molecule has 40 heavy (non-hydrogen) atoms. The van der Waals surface area contributed by atoms with Crippen molar-refractivity contribution in [3.63, 3.8) is 0 Å². The lowest BCUT2D eigenvalue weighted by Gasteiger charge is -2.05. The summed E-state index contributed by atoms with van der Waals surface area (Å²) in [6.07, 6.45) is 37.5. The van der Waals surface area contributed by atoms with Crippen molar-refractivity contribution in [3.8, 4) is 0 Å². The Morgan fingerprint density at radius 3 is 1.18 bits per heavy atom. The van der Waals surface area contributed by atoms with Gasteiger partial charge in [0, 0.05) is 12.8 Å². The van der Waals surface area contributed by atoms with E-state index >= 15 is 0 Å². The molecule has 0 N–H and O–H groups in total. The van der Waals surface area contributed by atoms with Gasteiger partial charge in [-0.15, -0.1) is 0 Å². The van der Waals surface area contributed by atoms with Crippen molar-refractivity contribution in [2.24, 2.45) is 0 Å². The standard InChI is InChI=1S/C36H68O4/c1-3-5-7-9-25-29-33-39-35(37)31-27-23-21-19-17-15-13-11-12-14-16-18-20-22-24-28-32-36(38)40-34-30-26-10-8-6-4-2/h19,21H,3-18,20,22-34H2,1-2H3/b21-19+. The third-order valence-electron chi connectivity index (χ3n) is 7.69. The molecule has 0 aromatic heterocycles. The van der Waals surface area contributed by atoms with Crippen molar-refractivity contribution in [2.45, 2.75) is 194 Å². The number of hydrogen-bond acceptors (Lipinski definition) is 4. The zero-order valence-corrected chi connectivity index (χ0v) is 27.0. The van der Waals surface area contributed by atoms with Crippen molar-refractivity contribution in [3.05, 3.63) is 12.2 Å². The van der Waals surface area contributed by atoms with Crippen LogP contribution in [0.3, 0.4) is 0 Å². The fourth-order valence-corrected chi connectivity index (χ4v) is 5.00. The summed E-state index contributed by atoms with van der Waals surface area (Å²) in [4.78, 5) is 23.5. The molecule has 0 amide bonds.